The van der Waals surface area contributed by atoms with Crippen LogP contribution in [-0.2, 0) is 6.54 Å². The molecule has 0 bridgehead atoms. The van der Waals surface area contributed by atoms with Crippen LogP contribution in [0.2, 0.25) is 0 Å². The first kappa shape index (κ1) is 15.3. The molecule has 0 saturated heterocycles. The van der Waals surface area contributed by atoms with Crippen molar-refractivity contribution in [3.63, 3.8) is 0 Å². The summed E-state index contributed by atoms with van der Waals surface area (Å²) in [6.07, 6.45) is -0.781. The van der Waals surface area contributed by atoms with E-state index in [1.54, 1.807) is 6.92 Å². The van der Waals surface area contributed by atoms with Gasteiger partial charge in [-0.05, 0) is 6.92 Å². The summed E-state index contributed by atoms with van der Waals surface area (Å²) >= 11 is 1.41. The highest BCUT2D eigenvalue weighted by Crippen LogP contribution is 2.22. The molecular weight excluding hydrogens is 316 g/mol. The average molecular weight is 330 g/mol. The van der Waals surface area contributed by atoms with Crippen molar-refractivity contribution in [2.24, 2.45) is 0 Å². The third-order valence-electron chi connectivity index (χ3n) is 3.07. The van der Waals surface area contributed by atoms with Crippen molar-refractivity contribution in [3.8, 4) is 10.6 Å². The second-order valence-electron chi connectivity index (χ2n) is 4.84. The lowest BCUT2D eigenvalue weighted by Gasteiger charge is -1.98. The van der Waals surface area contributed by atoms with Gasteiger partial charge in [0, 0.05) is 11.6 Å². The van der Waals surface area contributed by atoms with Gasteiger partial charge in [-0.25, -0.2) is 0 Å². The van der Waals surface area contributed by atoms with Crippen LogP contribution in [0.25, 0.3) is 10.6 Å². The minimum atomic E-state index is -0.781. The summed E-state index contributed by atoms with van der Waals surface area (Å²) in [5, 5.41) is 25.3. The molecule has 0 fully saturated rings. The highest BCUT2D eigenvalue weighted by molar-refractivity contribution is 7.14. The van der Waals surface area contributed by atoms with Crippen LogP contribution in [0.3, 0.4) is 0 Å². The topological polar surface area (TPSA) is 101 Å². The third kappa shape index (κ3) is 3.61. The predicted octanol–water partition coefficient (Wildman–Crippen LogP) is 2.18. The van der Waals surface area contributed by atoms with Crippen molar-refractivity contribution in [2.75, 3.05) is 0 Å². The molecular formula is C15H14N4O3S. The van der Waals surface area contributed by atoms with Crippen LogP contribution in [0.1, 0.15) is 34.3 Å². The number of carbonyl (C=O) groups excluding carboxylic acids is 1. The van der Waals surface area contributed by atoms with Gasteiger partial charge in [0.25, 0.3) is 5.91 Å². The molecule has 7 nitrogen and oxygen atoms in total. The van der Waals surface area contributed by atoms with E-state index in [0.29, 0.717) is 10.7 Å². The quantitative estimate of drug-likeness (QED) is 0.743. The molecule has 0 aliphatic heterocycles. The maximum absolute atomic E-state index is 12.0. The predicted molar refractivity (Wildman–Crippen MR) is 83.7 cm³/mol. The van der Waals surface area contributed by atoms with Crippen LogP contribution in [-0.4, -0.2) is 26.4 Å². The Bertz CT molecular complexity index is 798. The fourth-order valence-corrected chi connectivity index (χ4v) is 2.64. The number of nitrogens with one attached hydrogen (secondary N) is 1. The number of carbonyl (C=O) groups is 1. The Morgan fingerprint density at radius 2 is 2.13 bits per heavy atom. The van der Waals surface area contributed by atoms with E-state index in [0.717, 1.165) is 10.6 Å². The largest absolute Gasteiger partial charge is 0.387 e. The van der Waals surface area contributed by atoms with Crippen LogP contribution in [0.15, 0.2) is 40.9 Å². The smallest absolute Gasteiger partial charge is 0.290 e. The molecule has 3 aromatic rings. The van der Waals surface area contributed by atoms with E-state index in [9.17, 15) is 9.90 Å². The van der Waals surface area contributed by atoms with Crippen LogP contribution < -0.4 is 5.32 Å². The summed E-state index contributed by atoms with van der Waals surface area (Å²) in [4.78, 5) is 12.0. The molecule has 1 atom stereocenters. The van der Waals surface area contributed by atoms with E-state index < -0.39 is 12.0 Å². The van der Waals surface area contributed by atoms with E-state index in [-0.39, 0.29) is 12.3 Å². The summed E-state index contributed by atoms with van der Waals surface area (Å²) < 4.78 is 4.90. The number of hydrogen-bond acceptors (Lipinski definition) is 7. The van der Waals surface area contributed by atoms with Crippen molar-refractivity contribution in [3.05, 3.63) is 52.9 Å². The first-order chi connectivity index (χ1) is 11.1. The van der Waals surface area contributed by atoms with Gasteiger partial charge in [-0.1, -0.05) is 46.8 Å². The van der Waals surface area contributed by atoms with E-state index in [1.165, 1.54) is 17.4 Å². The Morgan fingerprint density at radius 3 is 2.83 bits per heavy atom. The van der Waals surface area contributed by atoms with Gasteiger partial charge in [-0.15, -0.1) is 10.2 Å². The molecule has 0 radical (unpaired) electrons. The Morgan fingerprint density at radius 1 is 1.35 bits per heavy atom. The standard InChI is InChI=1S/C15H14N4O3S/c1-9(20)11-7-12(22-19-11)14(21)16-8-13-17-18-15(23-13)10-5-3-2-4-6-10/h2-7,9,20H,8H2,1H3,(H,16,21). The molecule has 1 aromatic carbocycles. The first-order valence-electron chi connectivity index (χ1n) is 6.94. The molecule has 0 saturated carbocycles. The summed E-state index contributed by atoms with van der Waals surface area (Å²) in [6, 6.07) is 11.1. The zero-order valence-electron chi connectivity index (χ0n) is 12.3. The molecule has 2 heterocycles. The zero-order chi connectivity index (χ0) is 16.2. The number of aliphatic hydroxyl groups is 1. The molecule has 0 aliphatic rings. The lowest BCUT2D eigenvalue weighted by atomic mass is 10.2. The second kappa shape index (κ2) is 6.67. The number of benzene rings is 1. The fraction of sp³-hybridized carbons (Fsp3) is 0.200. The van der Waals surface area contributed by atoms with E-state index in [1.807, 2.05) is 30.3 Å². The lowest BCUT2D eigenvalue weighted by Crippen LogP contribution is -2.22. The van der Waals surface area contributed by atoms with Gasteiger partial charge in [-0.3, -0.25) is 4.79 Å². The fourth-order valence-electron chi connectivity index (χ4n) is 1.86. The summed E-state index contributed by atoms with van der Waals surface area (Å²) in [7, 11) is 0. The van der Waals surface area contributed by atoms with Gasteiger partial charge in [0.15, 0.2) is 0 Å². The van der Waals surface area contributed by atoms with Gasteiger partial charge < -0.3 is 14.9 Å². The molecule has 8 heteroatoms. The minimum absolute atomic E-state index is 0.0497. The number of aromatic nitrogens is 3. The maximum Gasteiger partial charge on any atom is 0.290 e. The Balaban J connectivity index is 1.62. The van der Waals surface area contributed by atoms with Gasteiger partial charge in [-0.2, -0.15) is 0 Å². The number of hydrogen-bond donors (Lipinski definition) is 2. The molecule has 0 spiro atoms. The van der Waals surface area contributed by atoms with E-state index in [2.05, 4.69) is 20.7 Å². The molecule has 118 valence electrons. The minimum Gasteiger partial charge on any atom is -0.387 e. The molecule has 2 aromatic heterocycles. The first-order valence-corrected chi connectivity index (χ1v) is 7.76. The highest BCUT2D eigenvalue weighted by Gasteiger charge is 2.16. The number of aliphatic hydroxyl groups excluding tert-OH is 1. The van der Waals surface area contributed by atoms with Gasteiger partial charge in [0.2, 0.25) is 5.76 Å². The third-order valence-corrected chi connectivity index (χ3v) is 4.04. The summed E-state index contributed by atoms with van der Waals surface area (Å²) in [5.74, 6) is -0.366. The van der Waals surface area contributed by atoms with Gasteiger partial charge in [0.1, 0.15) is 15.7 Å². The maximum atomic E-state index is 12.0. The average Bonchev–Trinajstić information content (AvgIpc) is 3.23. The van der Waals surface area contributed by atoms with Crippen molar-refractivity contribution >= 4 is 17.2 Å². The molecule has 1 unspecified atom stereocenters. The Labute approximate surface area is 136 Å². The summed E-state index contributed by atoms with van der Waals surface area (Å²) in [5.41, 5.74) is 1.30. The Hall–Kier alpha value is -2.58. The van der Waals surface area contributed by atoms with Gasteiger partial charge >= 0.3 is 0 Å². The lowest BCUT2D eigenvalue weighted by molar-refractivity contribution is 0.0913. The van der Waals surface area contributed by atoms with Crippen LogP contribution in [0.4, 0.5) is 0 Å². The summed E-state index contributed by atoms with van der Waals surface area (Å²) in [6.45, 7) is 1.79. The molecule has 0 aliphatic carbocycles. The monoisotopic (exact) mass is 330 g/mol. The zero-order valence-corrected chi connectivity index (χ0v) is 13.1. The SMILES string of the molecule is CC(O)c1cc(C(=O)NCc2nnc(-c3ccccc3)s2)on1. The normalized spacial score (nSPS) is 12.1. The van der Waals surface area contributed by atoms with E-state index >= 15 is 0 Å². The van der Waals surface area contributed by atoms with Crippen molar-refractivity contribution in [1.82, 2.24) is 20.7 Å². The number of nitrogens with zero attached hydrogens (tertiary/aromatic N) is 3. The number of amides is 1. The van der Waals surface area contributed by atoms with E-state index in [4.69, 9.17) is 4.52 Å². The highest BCUT2D eigenvalue weighted by atomic mass is 32.1. The molecule has 3 rings (SSSR count). The van der Waals surface area contributed by atoms with Crippen LogP contribution in [0, 0.1) is 0 Å². The van der Waals surface area contributed by atoms with Crippen molar-refractivity contribution in [2.45, 2.75) is 19.6 Å². The van der Waals surface area contributed by atoms with Crippen LogP contribution in [0.5, 0.6) is 0 Å². The van der Waals surface area contributed by atoms with Crippen molar-refractivity contribution in [1.29, 1.82) is 0 Å². The molecule has 23 heavy (non-hydrogen) atoms. The molecule has 2 N–H and O–H groups in total. The molecule has 1 amide bonds. The van der Waals surface area contributed by atoms with Gasteiger partial charge in [0.05, 0.1) is 12.6 Å². The van der Waals surface area contributed by atoms with Crippen molar-refractivity contribution < 1.29 is 14.4 Å². The van der Waals surface area contributed by atoms with Crippen LogP contribution >= 0.6 is 11.3 Å². The Kier molecular flexibility index (Phi) is 4.45. The second-order valence-corrected chi connectivity index (χ2v) is 5.90. The number of rotatable bonds is 5.